The molecule has 1 nitrogen and oxygen atoms in total. The standard InChI is InChI=1S/C15H18O/c1-15(2)8-10-7-14(16)12-6-4-3-5-11(12)13(10)9-15/h3-6,10,13H,7-9H2,1-2H3/t10-,13+/m1/s1. The Morgan fingerprint density at radius 2 is 1.94 bits per heavy atom. The van der Waals surface area contributed by atoms with Gasteiger partial charge in [0.05, 0.1) is 0 Å². The second-order valence-corrected chi connectivity index (χ2v) is 6.15. The van der Waals surface area contributed by atoms with E-state index in [4.69, 9.17) is 0 Å². The van der Waals surface area contributed by atoms with Crippen molar-refractivity contribution >= 4 is 5.78 Å². The van der Waals surface area contributed by atoms with Gasteiger partial charge in [0.1, 0.15) is 0 Å². The van der Waals surface area contributed by atoms with E-state index < -0.39 is 0 Å². The molecule has 1 saturated carbocycles. The Kier molecular flexibility index (Phi) is 2.01. The predicted molar refractivity (Wildman–Crippen MR) is 64.6 cm³/mol. The van der Waals surface area contributed by atoms with Crippen molar-refractivity contribution in [1.29, 1.82) is 0 Å². The first-order valence-corrected chi connectivity index (χ1v) is 6.19. The topological polar surface area (TPSA) is 17.1 Å². The first kappa shape index (κ1) is 10.1. The molecule has 0 amide bonds. The zero-order chi connectivity index (χ0) is 11.3. The molecule has 1 aromatic rings. The number of Topliss-reactive ketones (excluding diaryl/α,β-unsaturated/α-hetero) is 1. The second kappa shape index (κ2) is 3.19. The van der Waals surface area contributed by atoms with E-state index in [1.54, 1.807) is 0 Å². The molecule has 2 aliphatic carbocycles. The van der Waals surface area contributed by atoms with Gasteiger partial charge in [-0.05, 0) is 35.7 Å². The zero-order valence-electron chi connectivity index (χ0n) is 9.99. The highest BCUT2D eigenvalue weighted by Gasteiger charge is 2.44. The minimum Gasteiger partial charge on any atom is -0.294 e. The van der Waals surface area contributed by atoms with Gasteiger partial charge >= 0.3 is 0 Å². The number of benzene rings is 1. The van der Waals surface area contributed by atoms with Crippen molar-refractivity contribution < 1.29 is 4.79 Å². The lowest BCUT2D eigenvalue weighted by atomic mass is 9.76. The molecule has 0 N–H and O–H groups in total. The van der Waals surface area contributed by atoms with E-state index in [2.05, 4.69) is 26.0 Å². The van der Waals surface area contributed by atoms with Gasteiger partial charge < -0.3 is 0 Å². The largest absolute Gasteiger partial charge is 0.294 e. The van der Waals surface area contributed by atoms with Crippen LogP contribution in [0, 0.1) is 11.3 Å². The van der Waals surface area contributed by atoms with E-state index >= 15 is 0 Å². The molecule has 0 saturated heterocycles. The summed E-state index contributed by atoms with van der Waals surface area (Å²) in [4.78, 5) is 12.0. The molecule has 0 aliphatic heterocycles. The van der Waals surface area contributed by atoms with Crippen molar-refractivity contribution in [2.75, 3.05) is 0 Å². The van der Waals surface area contributed by atoms with Gasteiger partial charge in [0.25, 0.3) is 0 Å². The summed E-state index contributed by atoms with van der Waals surface area (Å²) in [6.45, 7) is 4.66. The zero-order valence-corrected chi connectivity index (χ0v) is 9.99. The van der Waals surface area contributed by atoms with Crippen LogP contribution in [0.2, 0.25) is 0 Å². The van der Waals surface area contributed by atoms with E-state index in [9.17, 15) is 4.79 Å². The monoisotopic (exact) mass is 214 g/mol. The lowest BCUT2D eigenvalue weighted by Crippen LogP contribution is -2.21. The molecule has 2 atom stereocenters. The molecule has 0 unspecified atom stereocenters. The van der Waals surface area contributed by atoms with Crippen LogP contribution in [0.15, 0.2) is 24.3 Å². The molecule has 2 aliphatic rings. The van der Waals surface area contributed by atoms with Crippen LogP contribution >= 0.6 is 0 Å². The molecule has 16 heavy (non-hydrogen) atoms. The minimum atomic E-state index is 0.356. The normalized spacial score (nSPS) is 31.0. The molecule has 0 spiro atoms. The van der Waals surface area contributed by atoms with Crippen molar-refractivity contribution in [1.82, 2.24) is 0 Å². The second-order valence-electron chi connectivity index (χ2n) is 6.15. The third kappa shape index (κ3) is 1.41. The highest BCUT2D eigenvalue weighted by atomic mass is 16.1. The predicted octanol–water partition coefficient (Wildman–Crippen LogP) is 3.79. The van der Waals surface area contributed by atoms with Gasteiger partial charge in [-0.25, -0.2) is 0 Å². The SMILES string of the molecule is CC1(C)C[C@H]2CC(=O)c3ccccc3[C@H]2C1. The lowest BCUT2D eigenvalue weighted by molar-refractivity contribution is 0.0942. The smallest absolute Gasteiger partial charge is 0.163 e. The van der Waals surface area contributed by atoms with Crippen LogP contribution in [-0.4, -0.2) is 5.78 Å². The van der Waals surface area contributed by atoms with Crippen molar-refractivity contribution in [3.63, 3.8) is 0 Å². The molecular formula is C15H18O. The van der Waals surface area contributed by atoms with Gasteiger partial charge in [-0.15, -0.1) is 0 Å². The van der Waals surface area contributed by atoms with Crippen LogP contribution in [0.5, 0.6) is 0 Å². The van der Waals surface area contributed by atoms with Gasteiger partial charge in [-0.2, -0.15) is 0 Å². The van der Waals surface area contributed by atoms with Crippen LogP contribution < -0.4 is 0 Å². The van der Waals surface area contributed by atoms with Crippen LogP contribution in [0.25, 0.3) is 0 Å². The van der Waals surface area contributed by atoms with Gasteiger partial charge in [-0.3, -0.25) is 4.79 Å². The number of fused-ring (bicyclic) bond motifs is 3. The summed E-state index contributed by atoms with van der Waals surface area (Å²) in [5.74, 6) is 1.58. The molecule has 0 radical (unpaired) electrons. The molecule has 1 heteroatoms. The fourth-order valence-electron chi connectivity index (χ4n) is 3.70. The lowest BCUT2D eigenvalue weighted by Gasteiger charge is -2.26. The van der Waals surface area contributed by atoms with Crippen molar-refractivity contribution in [3.05, 3.63) is 35.4 Å². The number of hydrogen-bond acceptors (Lipinski definition) is 1. The van der Waals surface area contributed by atoms with E-state index in [0.29, 0.717) is 23.0 Å². The third-order valence-corrected chi connectivity index (χ3v) is 4.26. The maximum absolute atomic E-state index is 12.0. The molecule has 0 heterocycles. The number of hydrogen-bond donors (Lipinski definition) is 0. The molecule has 84 valence electrons. The fraction of sp³-hybridized carbons (Fsp3) is 0.533. The van der Waals surface area contributed by atoms with Gasteiger partial charge in [0.2, 0.25) is 0 Å². The first-order valence-electron chi connectivity index (χ1n) is 6.19. The van der Waals surface area contributed by atoms with Crippen LogP contribution in [0.1, 0.15) is 54.9 Å². The average molecular weight is 214 g/mol. The summed E-state index contributed by atoms with van der Waals surface area (Å²) in [5.41, 5.74) is 2.71. The van der Waals surface area contributed by atoms with Crippen LogP contribution in [-0.2, 0) is 0 Å². The van der Waals surface area contributed by atoms with Crippen molar-refractivity contribution in [2.45, 2.75) is 39.0 Å². The Labute approximate surface area is 96.9 Å². The van der Waals surface area contributed by atoms with Crippen molar-refractivity contribution in [2.24, 2.45) is 11.3 Å². The highest BCUT2D eigenvalue weighted by Crippen LogP contribution is 2.54. The Bertz CT molecular complexity index is 445. The Hall–Kier alpha value is -1.11. The minimum absolute atomic E-state index is 0.356. The molecular weight excluding hydrogens is 196 g/mol. The summed E-state index contributed by atoms with van der Waals surface area (Å²) in [7, 11) is 0. The number of ketones is 1. The molecule has 1 fully saturated rings. The van der Waals surface area contributed by atoms with Gasteiger partial charge in [-0.1, -0.05) is 38.1 Å². The Balaban J connectivity index is 2.08. The van der Waals surface area contributed by atoms with Crippen LogP contribution in [0.3, 0.4) is 0 Å². The average Bonchev–Trinajstić information content (AvgIpc) is 2.53. The molecule has 0 aromatic heterocycles. The number of carbonyl (C=O) groups excluding carboxylic acids is 1. The third-order valence-electron chi connectivity index (χ3n) is 4.26. The van der Waals surface area contributed by atoms with Gasteiger partial charge in [0, 0.05) is 12.0 Å². The summed E-state index contributed by atoms with van der Waals surface area (Å²) in [5, 5.41) is 0. The van der Waals surface area contributed by atoms with Gasteiger partial charge in [0.15, 0.2) is 5.78 Å². The van der Waals surface area contributed by atoms with E-state index in [0.717, 1.165) is 12.0 Å². The maximum atomic E-state index is 12.0. The van der Waals surface area contributed by atoms with Crippen LogP contribution in [0.4, 0.5) is 0 Å². The quantitative estimate of drug-likeness (QED) is 0.642. The molecule has 1 aromatic carbocycles. The van der Waals surface area contributed by atoms with E-state index in [1.165, 1.54) is 18.4 Å². The summed E-state index contributed by atoms with van der Waals surface area (Å²) >= 11 is 0. The maximum Gasteiger partial charge on any atom is 0.163 e. The molecule has 0 bridgehead atoms. The number of carbonyl (C=O) groups is 1. The number of rotatable bonds is 0. The molecule has 3 rings (SSSR count). The fourth-order valence-corrected chi connectivity index (χ4v) is 3.70. The van der Waals surface area contributed by atoms with E-state index in [1.807, 2.05) is 12.1 Å². The Morgan fingerprint density at radius 1 is 1.19 bits per heavy atom. The van der Waals surface area contributed by atoms with E-state index in [-0.39, 0.29) is 0 Å². The first-order chi connectivity index (χ1) is 7.57. The summed E-state index contributed by atoms with van der Waals surface area (Å²) in [6.07, 6.45) is 3.21. The summed E-state index contributed by atoms with van der Waals surface area (Å²) in [6, 6.07) is 8.21. The van der Waals surface area contributed by atoms with Crippen molar-refractivity contribution in [3.8, 4) is 0 Å². The summed E-state index contributed by atoms with van der Waals surface area (Å²) < 4.78 is 0. The highest BCUT2D eigenvalue weighted by molar-refractivity contribution is 5.99. The Morgan fingerprint density at radius 3 is 2.75 bits per heavy atom.